The van der Waals surface area contributed by atoms with Crippen molar-refractivity contribution in [2.75, 3.05) is 19.6 Å². The highest BCUT2D eigenvalue weighted by atomic mass is 35.5. The molecule has 2 heterocycles. The summed E-state index contributed by atoms with van der Waals surface area (Å²) in [6.45, 7) is 6.28. The zero-order valence-corrected chi connectivity index (χ0v) is 14.7. The van der Waals surface area contributed by atoms with Gasteiger partial charge in [-0.1, -0.05) is 31.9 Å². The summed E-state index contributed by atoms with van der Waals surface area (Å²) in [6, 6.07) is 0.311. The Balaban J connectivity index is 0.00000264. The van der Waals surface area contributed by atoms with Gasteiger partial charge in [0.25, 0.3) is 5.91 Å². The van der Waals surface area contributed by atoms with Crippen molar-refractivity contribution >= 4 is 18.3 Å². The maximum atomic E-state index is 12.1. The molecule has 8 heteroatoms. The number of halogens is 1. The maximum Gasteiger partial charge on any atom is 0.273 e. The Labute approximate surface area is 143 Å². The smallest absolute Gasteiger partial charge is 0.273 e. The first-order valence-electron chi connectivity index (χ1n) is 8.24. The number of carbonyl (C=O) groups is 1. The number of hydrogen-bond acceptors (Lipinski definition) is 5. The van der Waals surface area contributed by atoms with Crippen molar-refractivity contribution in [1.82, 2.24) is 25.6 Å². The lowest BCUT2D eigenvalue weighted by molar-refractivity contribution is 0.0813. The molecule has 1 fully saturated rings. The van der Waals surface area contributed by atoms with Gasteiger partial charge in [-0.2, -0.15) is 0 Å². The third kappa shape index (κ3) is 5.44. The second-order valence-electron chi connectivity index (χ2n) is 5.92. The molecule has 1 aliphatic heterocycles. The predicted octanol–water partition coefficient (Wildman–Crippen LogP) is 1.15. The van der Waals surface area contributed by atoms with Crippen molar-refractivity contribution in [3.05, 3.63) is 11.9 Å². The summed E-state index contributed by atoms with van der Waals surface area (Å²) in [5.74, 6) is -0.0593. The van der Waals surface area contributed by atoms with Gasteiger partial charge in [0, 0.05) is 6.54 Å². The fourth-order valence-electron chi connectivity index (χ4n) is 2.92. The van der Waals surface area contributed by atoms with E-state index in [1.807, 2.05) is 13.8 Å². The molecule has 1 atom stereocenters. The average molecular weight is 346 g/mol. The maximum absolute atomic E-state index is 12.1. The largest absolute Gasteiger partial charge is 0.391 e. The summed E-state index contributed by atoms with van der Waals surface area (Å²) < 4.78 is 1.78. The van der Waals surface area contributed by atoms with Crippen LogP contribution in [-0.2, 0) is 0 Å². The van der Waals surface area contributed by atoms with Crippen LogP contribution in [0.3, 0.4) is 0 Å². The Morgan fingerprint density at radius 3 is 2.70 bits per heavy atom. The molecule has 0 saturated carbocycles. The number of carbonyl (C=O) groups excluding carboxylic acids is 1. The molecule has 1 aromatic rings. The van der Waals surface area contributed by atoms with Gasteiger partial charge in [-0.3, -0.25) is 4.79 Å². The predicted molar refractivity (Wildman–Crippen MR) is 90.8 cm³/mol. The molecule has 0 bridgehead atoms. The molecule has 3 N–H and O–H groups in total. The number of aliphatic hydroxyl groups excluding tert-OH is 1. The van der Waals surface area contributed by atoms with E-state index in [4.69, 9.17) is 0 Å². The Kier molecular flexibility index (Phi) is 8.51. The Bertz CT molecular complexity index is 472. The van der Waals surface area contributed by atoms with Gasteiger partial charge in [-0.05, 0) is 31.8 Å². The third-order valence-corrected chi connectivity index (χ3v) is 4.49. The first kappa shape index (κ1) is 19.9. The highest BCUT2D eigenvalue weighted by Crippen LogP contribution is 2.17. The molecule has 1 aliphatic rings. The van der Waals surface area contributed by atoms with Crippen LogP contribution in [0.15, 0.2) is 6.20 Å². The molecule has 1 unspecified atom stereocenters. The minimum Gasteiger partial charge on any atom is -0.391 e. The minimum absolute atomic E-state index is 0. The molecule has 23 heavy (non-hydrogen) atoms. The van der Waals surface area contributed by atoms with Gasteiger partial charge < -0.3 is 15.7 Å². The number of aliphatic hydroxyl groups is 1. The molecule has 7 nitrogen and oxygen atoms in total. The van der Waals surface area contributed by atoms with E-state index < -0.39 is 6.10 Å². The standard InChI is InChI=1S/C15H27N5O2.ClH/c1-3-11(4-2)14(21)9-17-15(22)13-10-20(19-18-13)12-5-7-16-8-6-12;/h10-12,14,16,21H,3-9H2,1-2H3,(H,17,22);1H. The number of aromatic nitrogens is 3. The van der Waals surface area contributed by atoms with Gasteiger partial charge in [0.1, 0.15) is 0 Å². The summed E-state index contributed by atoms with van der Waals surface area (Å²) >= 11 is 0. The SMILES string of the molecule is CCC(CC)C(O)CNC(=O)c1cn(C2CCNCC2)nn1.Cl. The molecule has 132 valence electrons. The van der Waals surface area contributed by atoms with Crippen LogP contribution in [0, 0.1) is 5.92 Å². The topological polar surface area (TPSA) is 92.1 Å². The van der Waals surface area contributed by atoms with Crippen LogP contribution in [0.25, 0.3) is 0 Å². The fraction of sp³-hybridized carbons (Fsp3) is 0.800. The van der Waals surface area contributed by atoms with Crippen LogP contribution in [0.2, 0.25) is 0 Å². The number of amides is 1. The van der Waals surface area contributed by atoms with Crippen LogP contribution >= 0.6 is 12.4 Å². The average Bonchev–Trinajstić information content (AvgIpc) is 3.04. The first-order chi connectivity index (χ1) is 10.7. The Morgan fingerprint density at radius 2 is 2.09 bits per heavy atom. The highest BCUT2D eigenvalue weighted by Gasteiger charge is 2.20. The summed E-state index contributed by atoms with van der Waals surface area (Å²) in [5, 5.41) is 24.1. The van der Waals surface area contributed by atoms with Gasteiger partial charge >= 0.3 is 0 Å². The van der Waals surface area contributed by atoms with Crippen molar-refractivity contribution in [2.45, 2.75) is 51.7 Å². The Morgan fingerprint density at radius 1 is 1.43 bits per heavy atom. The second kappa shape index (κ2) is 9.85. The zero-order chi connectivity index (χ0) is 15.9. The number of nitrogens with one attached hydrogen (secondary N) is 2. The van der Waals surface area contributed by atoms with E-state index in [1.54, 1.807) is 10.9 Å². The van der Waals surface area contributed by atoms with Crippen molar-refractivity contribution in [1.29, 1.82) is 0 Å². The van der Waals surface area contributed by atoms with E-state index in [9.17, 15) is 9.90 Å². The van der Waals surface area contributed by atoms with Crippen molar-refractivity contribution in [2.24, 2.45) is 5.92 Å². The summed E-state index contributed by atoms with van der Waals surface area (Å²) in [5.41, 5.74) is 0.315. The van der Waals surface area contributed by atoms with Crippen LogP contribution in [0.1, 0.15) is 56.1 Å². The molecule has 1 aromatic heterocycles. The summed E-state index contributed by atoms with van der Waals surface area (Å²) in [7, 11) is 0. The molecule has 0 radical (unpaired) electrons. The Hall–Kier alpha value is -1.18. The second-order valence-corrected chi connectivity index (χ2v) is 5.92. The number of hydrogen-bond donors (Lipinski definition) is 3. The molecule has 2 rings (SSSR count). The van der Waals surface area contributed by atoms with Gasteiger partial charge in [0.2, 0.25) is 0 Å². The van der Waals surface area contributed by atoms with Gasteiger partial charge in [-0.15, -0.1) is 17.5 Å². The van der Waals surface area contributed by atoms with E-state index >= 15 is 0 Å². The van der Waals surface area contributed by atoms with E-state index in [1.165, 1.54) is 0 Å². The molecular formula is C15H28ClN5O2. The summed E-state index contributed by atoms with van der Waals surface area (Å²) in [4.78, 5) is 12.1. The van der Waals surface area contributed by atoms with Gasteiger partial charge in [0.05, 0.1) is 18.3 Å². The van der Waals surface area contributed by atoms with Crippen LogP contribution in [0.5, 0.6) is 0 Å². The van der Waals surface area contributed by atoms with Crippen molar-refractivity contribution < 1.29 is 9.90 Å². The molecule has 0 spiro atoms. The molecular weight excluding hydrogens is 318 g/mol. The lowest BCUT2D eigenvalue weighted by atomic mass is 9.96. The minimum atomic E-state index is -0.515. The van der Waals surface area contributed by atoms with E-state index in [0.29, 0.717) is 11.7 Å². The van der Waals surface area contributed by atoms with Crippen LogP contribution in [0.4, 0.5) is 0 Å². The van der Waals surface area contributed by atoms with Crippen LogP contribution < -0.4 is 10.6 Å². The van der Waals surface area contributed by atoms with Gasteiger partial charge in [-0.25, -0.2) is 4.68 Å². The van der Waals surface area contributed by atoms with Crippen molar-refractivity contribution in [3.8, 4) is 0 Å². The molecule has 0 aliphatic carbocycles. The van der Waals surface area contributed by atoms with Gasteiger partial charge in [0.15, 0.2) is 5.69 Å². The first-order valence-corrected chi connectivity index (χ1v) is 8.24. The fourth-order valence-corrected chi connectivity index (χ4v) is 2.92. The van der Waals surface area contributed by atoms with E-state index in [2.05, 4.69) is 20.9 Å². The van der Waals surface area contributed by atoms with Crippen LogP contribution in [-0.4, -0.2) is 51.7 Å². The van der Waals surface area contributed by atoms with E-state index in [0.717, 1.165) is 38.8 Å². The zero-order valence-electron chi connectivity index (χ0n) is 13.9. The molecule has 1 saturated heterocycles. The monoisotopic (exact) mass is 345 g/mol. The molecule has 1 amide bonds. The van der Waals surface area contributed by atoms with Crippen molar-refractivity contribution in [3.63, 3.8) is 0 Å². The lowest BCUT2D eigenvalue weighted by Crippen LogP contribution is -2.36. The van der Waals surface area contributed by atoms with E-state index in [-0.39, 0.29) is 30.8 Å². The normalized spacial score (nSPS) is 16.9. The highest BCUT2D eigenvalue weighted by molar-refractivity contribution is 5.91. The molecule has 0 aromatic carbocycles. The number of nitrogens with zero attached hydrogens (tertiary/aromatic N) is 3. The quantitative estimate of drug-likeness (QED) is 0.689. The number of rotatable bonds is 7. The number of piperidine rings is 1. The lowest BCUT2D eigenvalue weighted by Gasteiger charge is -2.22. The summed E-state index contributed by atoms with van der Waals surface area (Å²) in [6.07, 6.45) is 4.99. The third-order valence-electron chi connectivity index (χ3n) is 4.49.